The van der Waals surface area contributed by atoms with Crippen LogP contribution in [0.3, 0.4) is 0 Å². The van der Waals surface area contributed by atoms with Gasteiger partial charge in [0.15, 0.2) is 0 Å². The van der Waals surface area contributed by atoms with E-state index in [2.05, 4.69) is 10.6 Å². The molecule has 3 heteroatoms. The maximum atomic E-state index is 11.8. The van der Waals surface area contributed by atoms with E-state index in [4.69, 9.17) is 0 Å². The molecule has 1 unspecified atom stereocenters. The van der Waals surface area contributed by atoms with Gasteiger partial charge in [0, 0.05) is 13.1 Å². The van der Waals surface area contributed by atoms with Crippen LogP contribution in [-0.4, -0.2) is 25.5 Å². The maximum absolute atomic E-state index is 11.8. The molecule has 0 radical (unpaired) electrons. The van der Waals surface area contributed by atoms with Gasteiger partial charge in [-0.3, -0.25) is 4.79 Å². The number of nitrogens with one attached hydrogen (secondary N) is 2. The molecular weight excluding hydrogens is 164 g/mol. The highest BCUT2D eigenvalue weighted by molar-refractivity contribution is 5.83. The number of amides is 1. The highest BCUT2D eigenvalue weighted by Gasteiger charge is 2.39. The first-order valence-electron chi connectivity index (χ1n) is 5.33. The Balaban J connectivity index is 2.09. The fourth-order valence-corrected chi connectivity index (χ4v) is 2.47. The molecule has 0 aromatic rings. The van der Waals surface area contributed by atoms with E-state index in [1.807, 2.05) is 0 Å². The molecule has 0 bridgehead atoms. The van der Waals surface area contributed by atoms with Crippen LogP contribution in [0.25, 0.3) is 0 Å². The first-order valence-corrected chi connectivity index (χ1v) is 5.33. The Morgan fingerprint density at radius 3 is 2.77 bits per heavy atom. The van der Waals surface area contributed by atoms with Crippen LogP contribution < -0.4 is 10.6 Å². The zero-order valence-electron chi connectivity index (χ0n) is 8.07. The van der Waals surface area contributed by atoms with Gasteiger partial charge >= 0.3 is 0 Å². The molecule has 1 spiro atoms. The van der Waals surface area contributed by atoms with Crippen LogP contribution in [0.5, 0.6) is 0 Å². The Kier molecular flexibility index (Phi) is 2.54. The molecule has 1 amide bonds. The van der Waals surface area contributed by atoms with Gasteiger partial charge in [-0.15, -0.1) is 0 Å². The van der Waals surface area contributed by atoms with Crippen molar-refractivity contribution in [3.05, 3.63) is 0 Å². The predicted octanol–water partition coefficient (Wildman–Crippen LogP) is 0.656. The van der Waals surface area contributed by atoms with E-state index in [-0.39, 0.29) is 11.3 Å². The molecule has 2 fully saturated rings. The molecule has 2 aliphatic heterocycles. The van der Waals surface area contributed by atoms with Crippen molar-refractivity contribution in [1.82, 2.24) is 10.6 Å². The molecule has 2 rings (SSSR count). The SMILES string of the molecule is O=C1NCCCC12CCCCNC2. The summed E-state index contributed by atoms with van der Waals surface area (Å²) in [6, 6.07) is 0. The second-order valence-electron chi connectivity index (χ2n) is 4.27. The highest BCUT2D eigenvalue weighted by Crippen LogP contribution is 2.33. The Bertz CT molecular complexity index is 195. The topological polar surface area (TPSA) is 41.1 Å². The minimum absolute atomic E-state index is 0.0608. The van der Waals surface area contributed by atoms with Crippen LogP contribution in [0.15, 0.2) is 0 Å². The molecule has 13 heavy (non-hydrogen) atoms. The van der Waals surface area contributed by atoms with E-state index < -0.39 is 0 Å². The molecule has 2 N–H and O–H groups in total. The average Bonchev–Trinajstić information content (AvgIpc) is 2.37. The molecule has 1 atom stereocenters. The number of hydrogen-bond donors (Lipinski definition) is 2. The van der Waals surface area contributed by atoms with Gasteiger partial charge in [-0.25, -0.2) is 0 Å². The fourth-order valence-electron chi connectivity index (χ4n) is 2.47. The van der Waals surface area contributed by atoms with Crippen molar-refractivity contribution < 1.29 is 4.79 Å². The van der Waals surface area contributed by atoms with Crippen LogP contribution >= 0.6 is 0 Å². The molecule has 0 saturated carbocycles. The van der Waals surface area contributed by atoms with E-state index in [9.17, 15) is 4.79 Å². The van der Waals surface area contributed by atoms with E-state index in [0.29, 0.717) is 0 Å². The summed E-state index contributed by atoms with van der Waals surface area (Å²) in [5, 5.41) is 6.37. The van der Waals surface area contributed by atoms with E-state index in [1.54, 1.807) is 0 Å². The Morgan fingerprint density at radius 2 is 1.92 bits per heavy atom. The number of hydrogen-bond acceptors (Lipinski definition) is 2. The Morgan fingerprint density at radius 1 is 1.08 bits per heavy atom. The third kappa shape index (κ3) is 1.70. The zero-order valence-corrected chi connectivity index (χ0v) is 8.07. The van der Waals surface area contributed by atoms with E-state index in [0.717, 1.165) is 38.9 Å². The van der Waals surface area contributed by atoms with Crippen LogP contribution in [0.4, 0.5) is 0 Å². The van der Waals surface area contributed by atoms with Gasteiger partial charge in [0.1, 0.15) is 0 Å². The van der Waals surface area contributed by atoms with Gasteiger partial charge in [-0.1, -0.05) is 6.42 Å². The smallest absolute Gasteiger partial charge is 0.227 e. The van der Waals surface area contributed by atoms with E-state index in [1.165, 1.54) is 12.8 Å². The lowest BCUT2D eigenvalue weighted by Gasteiger charge is -2.35. The summed E-state index contributed by atoms with van der Waals surface area (Å²) >= 11 is 0. The third-order valence-corrected chi connectivity index (χ3v) is 3.32. The largest absolute Gasteiger partial charge is 0.356 e. The molecule has 74 valence electrons. The first kappa shape index (κ1) is 9.00. The van der Waals surface area contributed by atoms with Gasteiger partial charge in [-0.05, 0) is 32.2 Å². The van der Waals surface area contributed by atoms with Crippen LogP contribution in [0, 0.1) is 5.41 Å². The molecule has 2 heterocycles. The van der Waals surface area contributed by atoms with Crippen molar-refractivity contribution in [1.29, 1.82) is 0 Å². The predicted molar refractivity (Wildman–Crippen MR) is 51.4 cm³/mol. The quantitative estimate of drug-likeness (QED) is 0.577. The van der Waals surface area contributed by atoms with E-state index >= 15 is 0 Å². The van der Waals surface area contributed by atoms with Crippen molar-refractivity contribution in [2.75, 3.05) is 19.6 Å². The first-order chi connectivity index (χ1) is 6.33. The zero-order chi connectivity index (χ0) is 9.15. The van der Waals surface area contributed by atoms with Crippen LogP contribution in [0.2, 0.25) is 0 Å². The lowest BCUT2D eigenvalue weighted by molar-refractivity contribution is -0.133. The van der Waals surface area contributed by atoms with Gasteiger partial charge in [0.2, 0.25) is 5.91 Å². The van der Waals surface area contributed by atoms with Crippen molar-refractivity contribution in [2.24, 2.45) is 5.41 Å². The molecule has 2 aliphatic rings. The second-order valence-corrected chi connectivity index (χ2v) is 4.27. The molecule has 3 nitrogen and oxygen atoms in total. The lowest BCUT2D eigenvalue weighted by Crippen LogP contribution is -2.50. The highest BCUT2D eigenvalue weighted by atomic mass is 16.2. The average molecular weight is 182 g/mol. The van der Waals surface area contributed by atoms with Crippen molar-refractivity contribution in [3.8, 4) is 0 Å². The van der Waals surface area contributed by atoms with Gasteiger partial charge < -0.3 is 10.6 Å². The summed E-state index contributed by atoms with van der Waals surface area (Å²) < 4.78 is 0. The summed E-state index contributed by atoms with van der Waals surface area (Å²) in [7, 11) is 0. The van der Waals surface area contributed by atoms with Crippen LogP contribution in [0.1, 0.15) is 32.1 Å². The third-order valence-electron chi connectivity index (χ3n) is 3.32. The van der Waals surface area contributed by atoms with Gasteiger partial charge in [0.05, 0.1) is 5.41 Å². The Labute approximate surface area is 79.3 Å². The summed E-state index contributed by atoms with van der Waals surface area (Å²) in [5.41, 5.74) is -0.0608. The summed E-state index contributed by atoms with van der Waals surface area (Å²) in [6.45, 7) is 2.84. The molecule has 0 aromatic heterocycles. The minimum atomic E-state index is -0.0608. The summed E-state index contributed by atoms with van der Waals surface area (Å²) in [6.07, 6.45) is 5.71. The number of rotatable bonds is 0. The number of piperidine rings is 1. The van der Waals surface area contributed by atoms with Gasteiger partial charge in [-0.2, -0.15) is 0 Å². The molecule has 0 aromatic carbocycles. The second kappa shape index (κ2) is 3.66. The molecule has 2 saturated heterocycles. The molecule has 0 aliphatic carbocycles. The standard InChI is InChI=1S/C10H18N2O/c13-9-10(5-3-7-12-9)4-1-2-6-11-8-10/h11H,1-8H2,(H,12,13). The lowest BCUT2D eigenvalue weighted by atomic mass is 9.76. The number of carbonyl (C=O) groups excluding carboxylic acids is 1. The Hall–Kier alpha value is -0.570. The maximum Gasteiger partial charge on any atom is 0.227 e. The number of carbonyl (C=O) groups is 1. The van der Waals surface area contributed by atoms with Crippen molar-refractivity contribution in [2.45, 2.75) is 32.1 Å². The monoisotopic (exact) mass is 182 g/mol. The fraction of sp³-hybridized carbons (Fsp3) is 0.900. The summed E-state index contributed by atoms with van der Waals surface area (Å²) in [4.78, 5) is 11.8. The summed E-state index contributed by atoms with van der Waals surface area (Å²) in [5.74, 6) is 0.285. The normalized spacial score (nSPS) is 35.5. The van der Waals surface area contributed by atoms with Crippen molar-refractivity contribution in [3.63, 3.8) is 0 Å². The molecular formula is C10H18N2O. The van der Waals surface area contributed by atoms with Crippen molar-refractivity contribution >= 4 is 5.91 Å². The van der Waals surface area contributed by atoms with Gasteiger partial charge in [0.25, 0.3) is 0 Å². The minimum Gasteiger partial charge on any atom is -0.356 e. The van der Waals surface area contributed by atoms with Crippen LogP contribution in [-0.2, 0) is 4.79 Å².